The number of benzene rings is 1. The van der Waals surface area contributed by atoms with E-state index in [0.717, 1.165) is 5.56 Å². The van der Waals surface area contributed by atoms with Crippen molar-refractivity contribution in [3.05, 3.63) is 35.9 Å². The van der Waals surface area contributed by atoms with Crippen LogP contribution in [0.25, 0.3) is 0 Å². The summed E-state index contributed by atoms with van der Waals surface area (Å²) in [5.41, 5.74) is -2.11. The fourth-order valence-electron chi connectivity index (χ4n) is 2.27. The predicted molar refractivity (Wildman–Crippen MR) is 58.2 cm³/mol. The van der Waals surface area contributed by atoms with Gasteiger partial charge in [0.2, 0.25) is 5.54 Å². The van der Waals surface area contributed by atoms with Crippen LogP contribution in [0.4, 0.5) is 13.2 Å². The van der Waals surface area contributed by atoms with E-state index >= 15 is 0 Å². The van der Waals surface area contributed by atoms with Crippen LogP contribution in [0.15, 0.2) is 30.3 Å². The Morgan fingerprint density at radius 3 is 2.39 bits per heavy atom. The molecule has 2 unspecified atom stereocenters. The molecule has 1 fully saturated rings. The number of hydrogen-bond acceptors (Lipinski definition) is 2. The summed E-state index contributed by atoms with van der Waals surface area (Å²) in [6.45, 7) is 0.00975. The number of nitrogens with one attached hydrogen (secondary N) is 1. The van der Waals surface area contributed by atoms with Gasteiger partial charge in [0.15, 0.2) is 0 Å². The Morgan fingerprint density at radius 1 is 1.33 bits per heavy atom. The zero-order valence-corrected chi connectivity index (χ0v) is 9.37. The standard InChI is InChI=1S/C12H12F3NO2/c13-12(14,15)11(10(17)18)6-9(7-16-11)8-4-2-1-3-5-8/h1-5,9,16H,6-7H2,(H,17,18). The first-order valence-corrected chi connectivity index (χ1v) is 5.47. The zero-order valence-electron chi connectivity index (χ0n) is 9.37. The molecule has 0 spiro atoms. The van der Waals surface area contributed by atoms with Crippen LogP contribution in [-0.4, -0.2) is 29.3 Å². The van der Waals surface area contributed by atoms with Crippen LogP contribution in [0.3, 0.4) is 0 Å². The molecule has 1 saturated heterocycles. The van der Waals surface area contributed by atoms with E-state index < -0.39 is 30.0 Å². The van der Waals surface area contributed by atoms with Gasteiger partial charge in [0.25, 0.3) is 0 Å². The average Bonchev–Trinajstić information content (AvgIpc) is 2.75. The molecular weight excluding hydrogens is 247 g/mol. The van der Waals surface area contributed by atoms with Gasteiger partial charge < -0.3 is 5.11 Å². The lowest BCUT2D eigenvalue weighted by Gasteiger charge is -2.27. The molecule has 2 N–H and O–H groups in total. The molecule has 1 aliphatic rings. The first-order valence-electron chi connectivity index (χ1n) is 5.47. The van der Waals surface area contributed by atoms with Gasteiger partial charge in [0.05, 0.1) is 0 Å². The molecule has 0 amide bonds. The van der Waals surface area contributed by atoms with Gasteiger partial charge in [-0.1, -0.05) is 30.3 Å². The molecule has 1 aromatic rings. The van der Waals surface area contributed by atoms with Crippen LogP contribution in [0, 0.1) is 0 Å². The predicted octanol–water partition coefficient (Wildman–Crippen LogP) is 2.15. The van der Waals surface area contributed by atoms with Crippen molar-refractivity contribution in [2.45, 2.75) is 24.1 Å². The smallest absolute Gasteiger partial charge is 0.417 e. The molecule has 2 atom stereocenters. The normalized spacial score (nSPS) is 28.3. The third kappa shape index (κ3) is 1.96. The van der Waals surface area contributed by atoms with Gasteiger partial charge in [-0.25, -0.2) is 4.79 Å². The Bertz CT molecular complexity index is 446. The number of carboxylic acid groups (broad SMARTS) is 1. The number of rotatable bonds is 2. The summed E-state index contributed by atoms with van der Waals surface area (Å²) in [5, 5.41) is 11.0. The Hall–Kier alpha value is -1.56. The summed E-state index contributed by atoms with van der Waals surface area (Å²) in [5.74, 6) is -2.31. The largest absolute Gasteiger partial charge is 0.480 e. The Balaban J connectivity index is 2.28. The maximum atomic E-state index is 12.9. The molecule has 18 heavy (non-hydrogen) atoms. The van der Waals surface area contributed by atoms with Crippen molar-refractivity contribution in [1.82, 2.24) is 5.32 Å². The minimum Gasteiger partial charge on any atom is -0.480 e. The van der Waals surface area contributed by atoms with Crippen LogP contribution in [0.2, 0.25) is 0 Å². The minimum atomic E-state index is -4.80. The van der Waals surface area contributed by atoms with E-state index in [0.29, 0.717) is 0 Å². The molecule has 0 aromatic heterocycles. The Labute approximate surface area is 102 Å². The van der Waals surface area contributed by atoms with Crippen molar-refractivity contribution in [2.24, 2.45) is 0 Å². The average molecular weight is 259 g/mol. The third-order valence-corrected chi connectivity index (χ3v) is 3.32. The molecular formula is C12H12F3NO2. The highest BCUT2D eigenvalue weighted by Crippen LogP contribution is 2.42. The number of alkyl halides is 3. The highest BCUT2D eigenvalue weighted by molar-refractivity contribution is 5.80. The zero-order chi connectivity index (χ0) is 13.4. The maximum absolute atomic E-state index is 12.9. The summed E-state index contributed by atoms with van der Waals surface area (Å²) in [7, 11) is 0. The van der Waals surface area contributed by atoms with Crippen molar-refractivity contribution in [2.75, 3.05) is 6.54 Å². The molecule has 98 valence electrons. The second kappa shape index (κ2) is 4.28. The van der Waals surface area contributed by atoms with Gasteiger partial charge in [0.1, 0.15) is 0 Å². The number of halogens is 3. The summed E-state index contributed by atoms with van der Waals surface area (Å²) < 4.78 is 38.7. The molecule has 2 rings (SSSR count). The Morgan fingerprint density at radius 2 is 1.94 bits per heavy atom. The highest BCUT2D eigenvalue weighted by atomic mass is 19.4. The van der Waals surface area contributed by atoms with Crippen molar-refractivity contribution < 1.29 is 23.1 Å². The first kappa shape index (κ1) is 12.9. The molecule has 1 aliphatic heterocycles. The second-order valence-corrected chi connectivity index (χ2v) is 4.40. The van der Waals surface area contributed by atoms with Gasteiger partial charge in [0, 0.05) is 6.54 Å². The molecule has 3 nitrogen and oxygen atoms in total. The van der Waals surface area contributed by atoms with Crippen LogP contribution in [-0.2, 0) is 4.79 Å². The number of carboxylic acids is 1. The lowest BCUT2D eigenvalue weighted by molar-refractivity contribution is -0.206. The molecule has 0 bridgehead atoms. The highest BCUT2D eigenvalue weighted by Gasteiger charge is 2.64. The second-order valence-electron chi connectivity index (χ2n) is 4.40. The first-order chi connectivity index (χ1) is 8.37. The fourth-order valence-corrected chi connectivity index (χ4v) is 2.27. The van der Waals surface area contributed by atoms with Gasteiger partial charge >= 0.3 is 12.1 Å². The van der Waals surface area contributed by atoms with E-state index in [-0.39, 0.29) is 6.54 Å². The van der Waals surface area contributed by atoms with E-state index in [4.69, 9.17) is 5.11 Å². The molecule has 1 aromatic carbocycles. The quantitative estimate of drug-likeness (QED) is 0.855. The van der Waals surface area contributed by atoms with Crippen LogP contribution in [0.1, 0.15) is 17.9 Å². The van der Waals surface area contributed by atoms with Gasteiger partial charge in [-0.15, -0.1) is 0 Å². The minimum absolute atomic E-state index is 0.00975. The maximum Gasteiger partial charge on any atom is 0.417 e. The lowest BCUT2D eigenvalue weighted by atomic mass is 9.88. The SMILES string of the molecule is O=C(O)C1(C(F)(F)F)CC(c2ccccc2)CN1. The molecule has 1 heterocycles. The van der Waals surface area contributed by atoms with Gasteiger partial charge in [-0.3, -0.25) is 5.32 Å². The molecule has 0 saturated carbocycles. The van der Waals surface area contributed by atoms with Crippen molar-refractivity contribution >= 4 is 5.97 Å². The monoisotopic (exact) mass is 259 g/mol. The van der Waals surface area contributed by atoms with E-state index in [2.05, 4.69) is 5.32 Å². The van der Waals surface area contributed by atoms with E-state index in [1.807, 2.05) is 0 Å². The van der Waals surface area contributed by atoms with Gasteiger partial charge in [-0.05, 0) is 17.9 Å². The van der Waals surface area contributed by atoms with Crippen molar-refractivity contribution in [3.63, 3.8) is 0 Å². The summed E-state index contributed by atoms with van der Waals surface area (Å²) in [6.07, 6.45) is -5.28. The number of carbonyl (C=O) groups is 1. The van der Waals surface area contributed by atoms with Crippen LogP contribution in [0.5, 0.6) is 0 Å². The van der Waals surface area contributed by atoms with E-state index in [1.54, 1.807) is 30.3 Å². The van der Waals surface area contributed by atoms with Crippen molar-refractivity contribution in [3.8, 4) is 0 Å². The summed E-state index contributed by atoms with van der Waals surface area (Å²) in [4.78, 5) is 11.0. The molecule has 0 aliphatic carbocycles. The topological polar surface area (TPSA) is 49.3 Å². The van der Waals surface area contributed by atoms with Crippen LogP contribution >= 0.6 is 0 Å². The third-order valence-electron chi connectivity index (χ3n) is 3.32. The molecule has 0 radical (unpaired) electrons. The number of aliphatic carboxylic acids is 1. The molecule has 6 heteroatoms. The summed E-state index contributed by atoms with van der Waals surface area (Å²) in [6, 6.07) is 8.63. The van der Waals surface area contributed by atoms with E-state index in [1.165, 1.54) is 0 Å². The van der Waals surface area contributed by atoms with E-state index in [9.17, 15) is 18.0 Å². The Kier molecular flexibility index (Phi) is 3.06. The van der Waals surface area contributed by atoms with Crippen molar-refractivity contribution in [1.29, 1.82) is 0 Å². The summed E-state index contributed by atoms with van der Waals surface area (Å²) >= 11 is 0. The van der Waals surface area contributed by atoms with Gasteiger partial charge in [-0.2, -0.15) is 13.2 Å². The fraction of sp³-hybridized carbons (Fsp3) is 0.417. The number of hydrogen-bond donors (Lipinski definition) is 2. The van der Waals surface area contributed by atoms with Crippen LogP contribution < -0.4 is 5.32 Å². The lowest BCUT2D eigenvalue weighted by Crippen LogP contribution is -2.58.